The standard InChI is InChI=1S/C14H12N2O4/c17-10-3-4-12(11(7-10)14(19)20)16-13(18)6-9-2-1-5-15-8-9/h1-5,7-8,17H,6H2,(H,16,18)(H,19,20). The molecule has 0 saturated heterocycles. The molecule has 102 valence electrons. The first-order valence-corrected chi connectivity index (χ1v) is 5.81. The molecular formula is C14H12N2O4. The van der Waals surface area contributed by atoms with Crippen molar-refractivity contribution in [1.82, 2.24) is 4.98 Å². The summed E-state index contributed by atoms with van der Waals surface area (Å²) in [7, 11) is 0. The molecule has 2 rings (SSSR count). The molecule has 3 N–H and O–H groups in total. The number of anilines is 1. The lowest BCUT2D eigenvalue weighted by Gasteiger charge is -2.08. The number of carboxylic acid groups (broad SMARTS) is 1. The number of hydrogen-bond donors (Lipinski definition) is 3. The minimum Gasteiger partial charge on any atom is -0.508 e. The molecule has 1 aromatic heterocycles. The number of nitrogens with zero attached hydrogens (tertiary/aromatic N) is 1. The minimum atomic E-state index is -1.22. The van der Waals surface area contributed by atoms with E-state index in [-0.39, 0.29) is 29.3 Å². The van der Waals surface area contributed by atoms with Gasteiger partial charge in [0.1, 0.15) is 5.75 Å². The molecule has 2 aromatic rings. The largest absolute Gasteiger partial charge is 0.508 e. The summed E-state index contributed by atoms with van der Waals surface area (Å²) in [6, 6.07) is 7.21. The number of benzene rings is 1. The Morgan fingerprint density at radius 1 is 1.25 bits per heavy atom. The number of amides is 1. The molecular weight excluding hydrogens is 260 g/mol. The summed E-state index contributed by atoms with van der Waals surface area (Å²) in [6.07, 6.45) is 3.26. The van der Waals surface area contributed by atoms with E-state index in [1.54, 1.807) is 24.5 Å². The summed E-state index contributed by atoms with van der Waals surface area (Å²) in [6.45, 7) is 0. The number of pyridine rings is 1. The molecule has 6 heteroatoms. The fraction of sp³-hybridized carbons (Fsp3) is 0.0714. The molecule has 0 atom stereocenters. The van der Waals surface area contributed by atoms with Crippen molar-refractivity contribution in [2.75, 3.05) is 5.32 Å². The lowest BCUT2D eigenvalue weighted by atomic mass is 10.1. The molecule has 0 aliphatic carbocycles. The van der Waals surface area contributed by atoms with Gasteiger partial charge in [-0.25, -0.2) is 4.79 Å². The Kier molecular flexibility index (Phi) is 3.95. The van der Waals surface area contributed by atoms with Crippen LogP contribution in [-0.2, 0) is 11.2 Å². The number of phenols is 1. The van der Waals surface area contributed by atoms with Gasteiger partial charge in [0.25, 0.3) is 0 Å². The summed E-state index contributed by atoms with van der Waals surface area (Å²) in [4.78, 5) is 26.8. The molecule has 1 heterocycles. The number of rotatable bonds is 4. The third kappa shape index (κ3) is 3.32. The van der Waals surface area contributed by atoms with Crippen LogP contribution in [0, 0.1) is 0 Å². The van der Waals surface area contributed by atoms with E-state index in [1.165, 1.54) is 12.1 Å². The third-order valence-electron chi connectivity index (χ3n) is 2.60. The molecule has 0 bridgehead atoms. The lowest BCUT2D eigenvalue weighted by Crippen LogP contribution is -2.16. The van der Waals surface area contributed by atoms with Gasteiger partial charge >= 0.3 is 5.97 Å². The van der Waals surface area contributed by atoms with Crippen molar-refractivity contribution < 1.29 is 19.8 Å². The van der Waals surface area contributed by atoms with Gasteiger partial charge in [0.2, 0.25) is 5.91 Å². The van der Waals surface area contributed by atoms with E-state index in [0.29, 0.717) is 0 Å². The number of hydrogen-bond acceptors (Lipinski definition) is 4. The van der Waals surface area contributed by atoms with Crippen molar-refractivity contribution in [2.24, 2.45) is 0 Å². The number of phenolic OH excluding ortho intramolecular Hbond substituents is 1. The quantitative estimate of drug-likeness (QED) is 0.735. The van der Waals surface area contributed by atoms with Crippen molar-refractivity contribution in [3.63, 3.8) is 0 Å². The number of carbonyl (C=O) groups is 2. The zero-order chi connectivity index (χ0) is 14.5. The number of carbonyl (C=O) groups excluding carboxylic acids is 1. The van der Waals surface area contributed by atoms with Crippen molar-refractivity contribution >= 4 is 17.6 Å². The second kappa shape index (κ2) is 5.83. The highest BCUT2D eigenvalue weighted by Gasteiger charge is 2.13. The average Bonchev–Trinajstić information content (AvgIpc) is 2.41. The Bertz CT molecular complexity index is 641. The first-order valence-electron chi connectivity index (χ1n) is 5.81. The van der Waals surface area contributed by atoms with Crippen molar-refractivity contribution in [3.05, 3.63) is 53.9 Å². The van der Waals surface area contributed by atoms with Crippen LogP contribution in [0.5, 0.6) is 5.75 Å². The van der Waals surface area contributed by atoms with Crippen LogP contribution in [0.3, 0.4) is 0 Å². The maximum atomic E-state index is 11.8. The molecule has 1 aromatic carbocycles. The normalized spacial score (nSPS) is 10.0. The van der Waals surface area contributed by atoms with E-state index < -0.39 is 5.97 Å². The molecule has 0 unspecified atom stereocenters. The number of carboxylic acids is 1. The molecule has 6 nitrogen and oxygen atoms in total. The van der Waals surface area contributed by atoms with Crippen LogP contribution < -0.4 is 5.32 Å². The SMILES string of the molecule is O=C(Cc1cccnc1)Nc1ccc(O)cc1C(=O)O. The van der Waals surface area contributed by atoms with Gasteiger partial charge in [0.05, 0.1) is 17.7 Å². The molecule has 20 heavy (non-hydrogen) atoms. The third-order valence-corrected chi connectivity index (χ3v) is 2.60. The maximum absolute atomic E-state index is 11.8. The van der Waals surface area contributed by atoms with Gasteiger partial charge in [0, 0.05) is 12.4 Å². The second-order valence-corrected chi connectivity index (χ2v) is 4.12. The molecule has 0 radical (unpaired) electrons. The highest BCUT2D eigenvalue weighted by atomic mass is 16.4. The highest BCUT2D eigenvalue weighted by molar-refractivity contribution is 6.01. The Morgan fingerprint density at radius 3 is 2.70 bits per heavy atom. The van der Waals surface area contributed by atoms with Gasteiger partial charge in [-0.1, -0.05) is 6.07 Å². The predicted molar refractivity (Wildman–Crippen MR) is 71.6 cm³/mol. The Labute approximate surface area is 114 Å². The van der Waals surface area contributed by atoms with E-state index in [1.807, 2.05) is 0 Å². The molecule has 0 fully saturated rings. The van der Waals surface area contributed by atoms with Gasteiger partial charge in [0.15, 0.2) is 0 Å². The fourth-order valence-electron chi connectivity index (χ4n) is 1.70. The van der Waals surface area contributed by atoms with E-state index >= 15 is 0 Å². The Morgan fingerprint density at radius 2 is 2.05 bits per heavy atom. The zero-order valence-electron chi connectivity index (χ0n) is 10.4. The van der Waals surface area contributed by atoms with Gasteiger partial charge in [-0.05, 0) is 29.8 Å². The van der Waals surface area contributed by atoms with Gasteiger partial charge < -0.3 is 15.5 Å². The van der Waals surface area contributed by atoms with Crippen LogP contribution in [-0.4, -0.2) is 27.1 Å². The van der Waals surface area contributed by atoms with Crippen molar-refractivity contribution in [1.29, 1.82) is 0 Å². The lowest BCUT2D eigenvalue weighted by molar-refractivity contribution is -0.115. The highest BCUT2D eigenvalue weighted by Crippen LogP contribution is 2.21. The fourth-order valence-corrected chi connectivity index (χ4v) is 1.70. The van der Waals surface area contributed by atoms with Crippen LogP contribution in [0.15, 0.2) is 42.7 Å². The molecule has 0 spiro atoms. The van der Waals surface area contributed by atoms with E-state index in [9.17, 15) is 14.7 Å². The number of nitrogens with one attached hydrogen (secondary N) is 1. The van der Waals surface area contributed by atoms with E-state index in [4.69, 9.17) is 5.11 Å². The van der Waals surface area contributed by atoms with Gasteiger partial charge in [-0.15, -0.1) is 0 Å². The van der Waals surface area contributed by atoms with Crippen LogP contribution in [0.4, 0.5) is 5.69 Å². The first-order chi connectivity index (χ1) is 9.56. The number of aromatic nitrogens is 1. The topological polar surface area (TPSA) is 99.5 Å². The molecule has 0 aliphatic rings. The second-order valence-electron chi connectivity index (χ2n) is 4.12. The van der Waals surface area contributed by atoms with Crippen LogP contribution in [0.2, 0.25) is 0 Å². The monoisotopic (exact) mass is 272 g/mol. The minimum absolute atomic E-state index is 0.0910. The average molecular weight is 272 g/mol. The van der Waals surface area contributed by atoms with Crippen molar-refractivity contribution in [3.8, 4) is 5.75 Å². The van der Waals surface area contributed by atoms with Gasteiger partial charge in [-0.2, -0.15) is 0 Å². The number of aromatic hydroxyl groups is 1. The van der Waals surface area contributed by atoms with Crippen LogP contribution in [0.1, 0.15) is 15.9 Å². The zero-order valence-corrected chi connectivity index (χ0v) is 10.4. The molecule has 0 saturated carbocycles. The van der Waals surface area contributed by atoms with E-state index in [2.05, 4.69) is 10.3 Å². The maximum Gasteiger partial charge on any atom is 0.337 e. The van der Waals surface area contributed by atoms with Crippen molar-refractivity contribution in [2.45, 2.75) is 6.42 Å². The van der Waals surface area contributed by atoms with Crippen LogP contribution >= 0.6 is 0 Å². The summed E-state index contributed by atoms with van der Waals surface area (Å²) in [5, 5.41) is 20.8. The number of aromatic carboxylic acids is 1. The summed E-state index contributed by atoms with van der Waals surface area (Å²) < 4.78 is 0. The molecule has 0 aliphatic heterocycles. The molecule has 1 amide bonds. The summed E-state index contributed by atoms with van der Waals surface area (Å²) in [5.74, 6) is -1.75. The Balaban J connectivity index is 2.14. The van der Waals surface area contributed by atoms with Gasteiger partial charge in [-0.3, -0.25) is 9.78 Å². The summed E-state index contributed by atoms with van der Waals surface area (Å²) >= 11 is 0. The van der Waals surface area contributed by atoms with E-state index in [0.717, 1.165) is 11.6 Å². The predicted octanol–water partition coefficient (Wildman–Crippen LogP) is 1.67. The first kappa shape index (κ1) is 13.5. The Hall–Kier alpha value is -2.89. The van der Waals surface area contributed by atoms with Crippen LogP contribution in [0.25, 0.3) is 0 Å². The smallest absolute Gasteiger partial charge is 0.337 e. The summed E-state index contributed by atoms with van der Waals surface area (Å²) in [5.41, 5.74) is 0.703.